The van der Waals surface area contributed by atoms with Crippen LogP contribution in [0.4, 0.5) is 10.1 Å². The summed E-state index contributed by atoms with van der Waals surface area (Å²) < 4.78 is 14.0. The number of hydrogen-bond donors (Lipinski definition) is 3. The van der Waals surface area contributed by atoms with Gasteiger partial charge in [0.25, 0.3) is 0 Å². The van der Waals surface area contributed by atoms with Crippen molar-refractivity contribution in [2.75, 3.05) is 5.43 Å². The number of nitrogens with zero attached hydrogens (tertiary/aromatic N) is 2. The lowest BCUT2D eigenvalue weighted by Gasteiger charge is -2.05. The van der Waals surface area contributed by atoms with Gasteiger partial charge in [-0.05, 0) is 12.1 Å². The van der Waals surface area contributed by atoms with Gasteiger partial charge in [0.15, 0.2) is 11.7 Å². The SMILES string of the molecule is N#C/C(=N\Nc1cc(Br)cc(Cl)c1F)C(=N)N. The van der Waals surface area contributed by atoms with E-state index in [0.29, 0.717) is 4.47 Å². The zero-order valence-corrected chi connectivity index (χ0v) is 10.6. The van der Waals surface area contributed by atoms with Gasteiger partial charge in [0.05, 0.1) is 10.7 Å². The fraction of sp³-hybridized carbons (Fsp3) is 0. The summed E-state index contributed by atoms with van der Waals surface area (Å²) >= 11 is 8.73. The Bertz CT molecular complexity index is 537. The molecule has 1 aromatic carbocycles. The summed E-state index contributed by atoms with van der Waals surface area (Å²) in [4.78, 5) is 0. The number of nitrogens with two attached hydrogens (primary N) is 1. The van der Waals surface area contributed by atoms with E-state index >= 15 is 0 Å². The van der Waals surface area contributed by atoms with Gasteiger partial charge in [-0.2, -0.15) is 10.4 Å². The summed E-state index contributed by atoms with van der Waals surface area (Å²) in [6.45, 7) is 0. The fourth-order valence-electron chi connectivity index (χ4n) is 0.899. The van der Waals surface area contributed by atoms with Crippen LogP contribution in [-0.2, 0) is 0 Å². The molecule has 0 bridgehead atoms. The third kappa shape index (κ3) is 3.41. The molecule has 0 atom stereocenters. The molecule has 1 rings (SSSR count). The second-order valence-electron chi connectivity index (χ2n) is 2.85. The van der Waals surface area contributed by atoms with E-state index in [9.17, 15) is 4.39 Å². The fourth-order valence-corrected chi connectivity index (χ4v) is 1.71. The highest BCUT2D eigenvalue weighted by Gasteiger charge is 2.09. The molecular formula is C9H6BrClFN5. The van der Waals surface area contributed by atoms with E-state index < -0.39 is 11.7 Å². The molecule has 0 fully saturated rings. The van der Waals surface area contributed by atoms with Gasteiger partial charge >= 0.3 is 0 Å². The molecule has 0 amide bonds. The lowest BCUT2D eigenvalue weighted by atomic mass is 10.3. The molecule has 1 aromatic rings. The molecule has 5 nitrogen and oxygen atoms in total. The van der Waals surface area contributed by atoms with Crippen molar-refractivity contribution in [2.24, 2.45) is 10.8 Å². The van der Waals surface area contributed by atoms with E-state index in [1.165, 1.54) is 12.1 Å². The quantitative estimate of drug-likeness (QED) is 0.345. The average molecular weight is 319 g/mol. The number of hydrazone groups is 1. The van der Waals surface area contributed by atoms with Gasteiger partial charge in [0.2, 0.25) is 5.71 Å². The molecule has 0 aliphatic heterocycles. The van der Waals surface area contributed by atoms with Gasteiger partial charge < -0.3 is 5.73 Å². The number of anilines is 1. The number of halogens is 3. The smallest absolute Gasteiger partial charge is 0.201 e. The van der Waals surface area contributed by atoms with Gasteiger partial charge in [-0.25, -0.2) is 4.39 Å². The van der Waals surface area contributed by atoms with Crippen LogP contribution in [0.5, 0.6) is 0 Å². The molecule has 0 radical (unpaired) electrons. The average Bonchev–Trinajstić information content (AvgIpc) is 2.25. The molecular weight excluding hydrogens is 312 g/mol. The van der Waals surface area contributed by atoms with Crippen LogP contribution >= 0.6 is 27.5 Å². The number of rotatable bonds is 3. The minimum absolute atomic E-state index is 0.0293. The van der Waals surface area contributed by atoms with Crippen molar-refractivity contribution in [1.82, 2.24) is 0 Å². The molecule has 0 saturated carbocycles. The van der Waals surface area contributed by atoms with Crippen LogP contribution in [0.2, 0.25) is 5.02 Å². The maximum absolute atomic E-state index is 13.5. The molecule has 88 valence electrons. The third-order valence-electron chi connectivity index (χ3n) is 1.64. The lowest BCUT2D eigenvalue weighted by molar-refractivity contribution is 0.631. The summed E-state index contributed by atoms with van der Waals surface area (Å²) in [7, 11) is 0. The molecule has 8 heteroatoms. The van der Waals surface area contributed by atoms with Crippen LogP contribution in [-0.4, -0.2) is 11.5 Å². The number of hydrogen-bond acceptors (Lipinski definition) is 4. The van der Waals surface area contributed by atoms with Crippen LogP contribution < -0.4 is 11.2 Å². The Hall–Kier alpha value is -1.65. The largest absolute Gasteiger partial charge is 0.382 e. The molecule has 17 heavy (non-hydrogen) atoms. The molecule has 0 heterocycles. The predicted molar refractivity (Wildman–Crippen MR) is 67.7 cm³/mol. The lowest BCUT2D eigenvalue weighted by Crippen LogP contribution is -2.22. The maximum Gasteiger partial charge on any atom is 0.201 e. The van der Waals surface area contributed by atoms with Crippen LogP contribution in [0, 0.1) is 22.6 Å². The Balaban J connectivity index is 3.05. The predicted octanol–water partition coefficient (Wildman–Crippen LogP) is 2.47. The zero-order chi connectivity index (χ0) is 13.0. The molecule has 0 spiro atoms. The third-order valence-corrected chi connectivity index (χ3v) is 2.38. The highest BCUT2D eigenvalue weighted by atomic mass is 79.9. The zero-order valence-electron chi connectivity index (χ0n) is 8.26. The molecule has 0 unspecified atom stereocenters. The normalized spacial score (nSPS) is 10.8. The van der Waals surface area contributed by atoms with Gasteiger partial charge in [-0.15, -0.1) is 0 Å². The molecule has 0 aromatic heterocycles. The first-order valence-corrected chi connectivity index (χ1v) is 5.35. The number of benzene rings is 1. The van der Waals surface area contributed by atoms with Crippen molar-refractivity contribution in [3.8, 4) is 6.07 Å². The number of nitrogens with one attached hydrogen (secondary N) is 2. The second-order valence-corrected chi connectivity index (χ2v) is 4.17. The van der Waals surface area contributed by atoms with E-state index in [2.05, 4.69) is 26.5 Å². The first-order valence-electron chi connectivity index (χ1n) is 4.18. The van der Waals surface area contributed by atoms with Crippen LogP contribution in [0.15, 0.2) is 21.7 Å². The summed E-state index contributed by atoms with van der Waals surface area (Å²) in [6, 6.07) is 4.36. The van der Waals surface area contributed by atoms with Gasteiger partial charge in [0.1, 0.15) is 6.07 Å². The van der Waals surface area contributed by atoms with Crippen molar-refractivity contribution in [3.63, 3.8) is 0 Å². The maximum atomic E-state index is 13.5. The Kier molecular flexibility index (Phi) is 4.43. The van der Waals surface area contributed by atoms with E-state index in [-0.39, 0.29) is 16.4 Å². The first-order chi connectivity index (χ1) is 7.95. The van der Waals surface area contributed by atoms with Crippen molar-refractivity contribution in [1.29, 1.82) is 10.7 Å². The van der Waals surface area contributed by atoms with Crippen LogP contribution in [0.3, 0.4) is 0 Å². The van der Waals surface area contributed by atoms with Crippen LogP contribution in [0.25, 0.3) is 0 Å². The summed E-state index contributed by atoms with van der Waals surface area (Å²) in [5.74, 6) is -1.22. The standard InChI is InChI=1S/C9H6BrClFN5/c10-4-1-5(11)8(12)6(2-4)16-17-7(3-13)9(14)15/h1-2,16H,(H3,14,15)/b17-7+. The van der Waals surface area contributed by atoms with E-state index in [1.54, 1.807) is 6.07 Å². The molecule has 0 aliphatic rings. The van der Waals surface area contributed by atoms with Crippen molar-refractivity contribution >= 4 is 44.8 Å². The van der Waals surface area contributed by atoms with Crippen molar-refractivity contribution < 1.29 is 4.39 Å². The van der Waals surface area contributed by atoms with Gasteiger partial charge in [0, 0.05) is 4.47 Å². The first kappa shape index (κ1) is 13.4. The Labute approximate surface area is 110 Å². The van der Waals surface area contributed by atoms with Gasteiger partial charge in [-0.3, -0.25) is 10.8 Å². The Morgan fingerprint density at radius 3 is 2.82 bits per heavy atom. The molecule has 0 saturated heterocycles. The minimum atomic E-state index is -0.709. The number of amidine groups is 1. The van der Waals surface area contributed by atoms with Crippen LogP contribution in [0.1, 0.15) is 0 Å². The van der Waals surface area contributed by atoms with E-state index in [1.807, 2.05) is 0 Å². The monoisotopic (exact) mass is 317 g/mol. The second kappa shape index (κ2) is 5.61. The summed E-state index contributed by atoms with van der Waals surface area (Å²) in [5.41, 5.74) is 6.98. The summed E-state index contributed by atoms with van der Waals surface area (Å²) in [5, 5.41) is 19.0. The Morgan fingerprint density at radius 1 is 1.65 bits per heavy atom. The Morgan fingerprint density at radius 2 is 2.29 bits per heavy atom. The number of nitriles is 1. The van der Waals surface area contributed by atoms with Crippen molar-refractivity contribution in [3.05, 3.63) is 27.4 Å². The van der Waals surface area contributed by atoms with Gasteiger partial charge in [-0.1, -0.05) is 27.5 Å². The molecule has 4 N–H and O–H groups in total. The highest BCUT2D eigenvalue weighted by Crippen LogP contribution is 2.27. The topological polar surface area (TPSA) is 98.0 Å². The highest BCUT2D eigenvalue weighted by molar-refractivity contribution is 9.10. The van der Waals surface area contributed by atoms with E-state index in [4.69, 9.17) is 28.0 Å². The van der Waals surface area contributed by atoms with Crippen molar-refractivity contribution in [2.45, 2.75) is 0 Å². The minimum Gasteiger partial charge on any atom is -0.382 e. The summed E-state index contributed by atoms with van der Waals surface area (Å²) in [6.07, 6.45) is 0. The molecule has 0 aliphatic carbocycles. The van der Waals surface area contributed by atoms with E-state index in [0.717, 1.165) is 0 Å².